The highest BCUT2D eigenvalue weighted by Gasteiger charge is 2.23. The Hall–Kier alpha value is -2.44. The zero-order chi connectivity index (χ0) is 15.8. The van der Waals surface area contributed by atoms with Crippen LogP contribution in [0.5, 0.6) is 0 Å². The van der Waals surface area contributed by atoms with E-state index in [0.717, 1.165) is 11.1 Å². The second-order valence-corrected chi connectivity index (χ2v) is 5.89. The number of carbonyl (C=O) groups excluding carboxylic acids is 1. The van der Waals surface area contributed by atoms with Crippen LogP contribution in [0.4, 0.5) is 0 Å². The number of aromatic nitrogens is 3. The predicted molar refractivity (Wildman–Crippen MR) is 77.2 cm³/mol. The van der Waals surface area contributed by atoms with Crippen LogP contribution in [0, 0.1) is 0 Å². The molecular formula is C14H18N4O3. The van der Waals surface area contributed by atoms with Crippen molar-refractivity contribution in [2.24, 2.45) is 7.05 Å². The van der Waals surface area contributed by atoms with Crippen molar-refractivity contribution in [3.63, 3.8) is 0 Å². The molecule has 7 heteroatoms. The van der Waals surface area contributed by atoms with Crippen LogP contribution in [0.25, 0.3) is 11.0 Å². The Morgan fingerprint density at radius 2 is 2.05 bits per heavy atom. The van der Waals surface area contributed by atoms with Crippen LogP contribution in [-0.4, -0.2) is 38.3 Å². The molecule has 2 aromatic rings. The number of carboxylic acids is 1. The van der Waals surface area contributed by atoms with E-state index in [1.54, 1.807) is 17.8 Å². The van der Waals surface area contributed by atoms with Crippen LogP contribution >= 0.6 is 0 Å². The second kappa shape index (κ2) is 5.16. The molecule has 0 spiro atoms. The Morgan fingerprint density at radius 3 is 2.62 bits per heavy atom. The molecule has 0 aromatic carbocycles. The average molecular weight is 290 g/mol. The van der Waals surface area contributed by atoms with E-state index >= 15 is 0 Å². The zero-order valence-electron chi connectivity index (χ0n) is 12.5. The van der Waals surface area contributed by atoms with Crippen molar-refractivity contribution in [3.05, 3.63) is 23.5 Å². The molecule has 1 amide bonds. The van der Waals surface area contributed by atoms with Gasteiger partial charge in [0.15, 0.2) is 5.65 Å². The number of carbonyl (C=O) groups is 2. The number of nitrogens with zero attached hydrogens (tertiary/aromatic N) is 3. The molecule has 0 aliphatic rings. The SMILES string of the molecule is Cn1nc(C(C)(C)C)c2cc(C(=O)NCC(=O)O)cnc21. The second-order valence-electron chi connectivity index (χ2n) is 5.89. The number of aliphatic carboxylic acids is 1. The number of carboxylic acid groups (broad SMARTS) is 1. The van der Waals surface area contributed by atoms with E-state index in [1.807, 2.05) is 20.8 Å². The maximum atomic E-state index is 11.9. The van der Waals surface area contributed by atoms with Crippen LogP contribution < -0.4 is 5.32 Å². The molecule has 0 saturated heterocycles. The van der Waals surface area contributed by atoms with Gasteiger partial charge in [-0.1, -0.05) is 20.8 Å². The number of fused-ring (bicyclic) bond motifs is 1. The number of nitrogens with one attached hydrogen (secondary N) is 1. The number of hydrogen-bond donors (Lipinski definition) is 2. The van der Waals surface area contributed by atoms with Crippen LogP contribution in [0.15, 0.2) is 12.3 Å². The summed E-state index contributed by atoms with van der Waals surface area (Å²) < 4.78 is 1.68. The highest BCUT2D eigenvalue weighted by molar-refractivity contribution is 5.98. The third kappa shape index (κ3) is 3.01. The summed E-state index contributed by atoms with van der Waals surface area (Å²) in [5, 5.41) is 16.2. The standard InChI is InChI=1S/C14H18N4O3/c1-14(2,3)11-9-5-8(13(21)16-7-10(19)20)6-15-12(9)18(4)17-11/h5-6H,7H2,1-4H3,(H,16,21)(H,19,20). The molecule has 2 heterocycles. The Labute approximate surface area is 122 Å². The molecule has 2 rings (SSSR count). The third-order valence-corrected chi connectivity index (χ3v) is 3.05. The lowest BCUT2D eigenvalue weighted by atomic mass is 9.90. The summed E-state index contributed by atoms with van der Waals surface area (Å²) in [7, 11) is 1.80. The normalized spacial score (nSPS) is 11.6. The van der Waals surface area contributed by atoms with E-state index in [9.17, 15) is 9.59 Å². The fourth-order valence-corrected chi connectivity index (χ4v) is 2.08. The van der Waals surface area contributed by atoms with Gasteiger partial charge in [-0.3, -0.25) is 14.3 Å². The summed E-state index contributed by atoms with van der Waals surface area (Å²) in [4.78, 5) is 26.7. The van der Waals surface area contributed by atoms with Crippen molar-refractivity contribution in [1.29, 1.82) is 0 Å². The molecule has 0 radical (unpaired) electrons. The first kappa shape index (κ1) is 15.0. The van der Waals surface area contributed by atoms with Crippen LogP contribution in [0.2, 0.25) is 0 Å². The Bertz CT molecular complexity index is 713. The topological polar surface area (TPSA) is 97.1 Å². The highest BCUT2D eigenvalue weighted by Crippen LogP contribution is 2.28. The number of pyridine rings is 1. The number of rotatable bonds is 3. The molecule has 0 aliphatic carbocycles. The molecule has 0 aliphatic heterocycles. The molecule has 2 N–H and O–H groups in total. The van der Waals surface area contributed by atoms with E-state index in [2.05, 4.69) is 15.4 Å². The zero-order valence-corrected chi connectivity index (χ0v) is 12.5. The molecule has 0 saturated carbocycles. The monoisotopic (exact) mass is 290 g/mol. The van der Waals surface area contributed by atoms with Gasteiger partial charge in [0.25, 0.3) is 5.91 Å². The third-order valence-electron chi connectivity index (χ3n) is 3.05. The summed E-state index contributed by atoms with van der Waals surface area (Å²) in [6.45, 7) is 5.68. The number of amides is 1. The maximum Gasteiger partial charge on any atom is 0.322 e. The average Bonchev–Trinajstić information content (AvgIpc) is 2.73. The van der Waals surface area contributed by atoms with Gasteiger partial charge in [0.1, 0.15) is 6.54 Å². The van der Waals surface area contributed by atoms with Gasteiger partial charge in [-0.15, -0.1) is 0 Å². The maximum absolute atomic E-state index is 11.9. The first-order chi connectivity index (χ1) is 9.70. The van der Waals surface area contributed by atoms with E-state index in [0.29, 0.717) is 11.2 Å². The fraction of sp³-hybridized carbons (Fsp3) is 0.429. The summed E-state index contributed by atoms with van der Waals surface area (Å²) >= 11 is 0. The molecule has 7 nitrogen and oxygen atoms in total. The first-order valence-corrected chi connectivity index (χ1v) is 6.53. The summed E-state index contributed by atoms with van der Waals surface area (Å²) in [6.07, 6.45) is 1.42. The van der Waals surface area contributed by atoms with E-state index in [4.69, 9.17) is 5.11 Å². The quantitative estimate of drug-likeness (QED) is 0.881. The molecule has 21 heavy (non-hydrogen) atoms. The van der Waals surface area contributed by atoms with Gasteiger partial charge < -0.3 is 10.4 Å². The highest BCUT2D eigenvalue weighted by atomic mass is 16.4. The molecule has 112 valence electrons. The van der Waals surface area contributed by atoms with Crippen molar-refractivity contribution in [1.82, 2.24) is 20.1 Å². The van der Waals surface area contributed by atoms with Crippen molar-refractivity contribution in [3.8, 4) is 0 Å². The molecular weight excluding hydrogens is 272 g/mol. The van der Waals surface area contributed by atoms with Crippen molar-refractivity contribution in [2.75, 3.05) is 6.54 Å². The lowest BCUT2D eigenvalue weighted by molar-refractivity contribution is -0.135. The molecule has 0 fully saturated rings. The van der Waals surface area contributed by atoms with Gasteiger partial charge in [-0.25, -0.2) is 4.98 Å². The van der Waals surface area contributed by atoms with Gasteiger partial charge in [0.05, 0.1) is 11.3 Å². The minimum Gasteiger partial charge on any atom is -0.480 e. The number of hydrogen-bond acceptors (Lipinski definition) is 4. The molecule has 2 aromatic heterocycles. The minimum absolute atomic E-state index is 0.183. The predicted octanol–water partition coefficient (Wildman–Crippen LogP) is 1.08. The summed E-state index contributed by atoms with van der Waals surface area (Å²) in [6, 6.07) is 1.70. The van der Waals surface area contributed by atoms with Gasteiger partial charge >= 0.3 is 5.97 Å². The molecule has 0 atom stereocenters. The van der Waals surface area contributed by atoms with Crippen molar-refractivity contribution in [2.45, 2.75) is 26.2 Å². The minimum atomic E-state index is -1.09. The smallest absolute Gasteiger partial charge is 0.322 e. The molecule has 0 bridgehead atoms. The Kier molecular flexibility index (Phi) is 3.67. The van der Waals surface area contributed by atoms with Crippen LogP contribution in [-0.2, 0) is 17.3 Å². The van der Waals surface area contributed by atoms with Gasteiger partial charge in [-0.05, 0) is 6.07 Å². The van der Waals surface area contributed by atoms with Gasteiger partial charge in [0, 0.05) is 24.0 Å². The summed E-state index contributed by atoms with van der Waals surface area (Å²) in [5.74, 6) is -1.55. The van der Waals surface area contributed by atoms with Gasteiger partial charge in [0.2, 0.25) is 0 Å². The molecule has 0 unspecified atom stereocenters. The lowest BCUT2D eigenvalue weighted by Gasteiger charge is -2.15. The van der Waals surface area contributed by atoms with E-state index in [1.165, 1.54) is 6.20 Å². The van der Waals surface area contributed by atoms with Crippen LogP contribution in [0.1, 0.15) is 36.8 Å². The van der Waals surface area contributed by atoms with Crippen molar-refractivity contribution < 1.29 is 14.7 Å². The van der Waals surface area contributed by atoms with E-state index in [-0.39, 0.29) is 5.41 Å². The number of aryl methyl sites for hydroxylation is 1. The van der Waals surface area contributed by atoms with E-state index < -0.39 is 18.4 Å². The van der Waals surface area contributed by atoms with Gasteiger partial charge in [-0.2, -0.15) is 5.10 Å². The Morgan fingerprint density at radius 1 is 1.38 bits per heavy atom. The summed E-state index contributed by atoms with van der Waals surface area (Å²) in [5.41, 5.74) is 1.68. The van der Waals surface area contributed by atoms with Crippen molar-refractivity contribution >= 4 is 22.9 Å². The fourth-order valence-electron chi connectivity index (χ4n) is 2.08. The lowest BCUT2D eigenvalue weighted by Crippen LogP contribution is -2.29. The Balaban J connectivity index is 2.45. The largest absolute Gasteiger partial charge is 0.480 e. The van der Waals surface area contributed by atoms with Crippen LogP contribution in [0.3, 0.4) is 0 Å². The first-order valence-electron chi connectivity index (χ1n) is 6.53.